The van der Waals surface area contributed by atoms with Gasteiger partial charge in [0.05, 0.1) is 11.9 Å². The summed E-state index contributed by atoms with van der Waals surface area (Å²) in [6.07, 6.45) is 1.04. The van der Waals surface area contributed by atoms with Crippen molar-refractivity contribution in [1.29, 1.82) is 0 Å². The first-order chi connectivity index (χ1) is 7.88. The molecule has 0 bridgehead atoms. The second-order valence-electron chi connectivity index (χ2n) is 3.58. The zero-order valence-electron chi connectivity index (χ0n) is 9.62. The number of nitrogens with two attached hydrogens (primary N) is 1. The van der Waals surface area contributed by atoms with Crippen LogP contribution in [0.3, 0.4) is 0 Å². The Bertz CT molecular complexity index is 487. The molecule has 6 nitrogen and oxygen atoms in total. The van der Waals surface area contributed by atoms with E-state index < -0.39 is 22.0 Å². The van der Waals surface area contributed by atoms with Crippen molar-refractivity contribution in [3.8, 4) is 0 Å². The lowest BCUT2D eigenvalue weighted by Gasteiger charge is -2.27. The van der Waals surface area contributed by atoms with Gasteiger partial charge in [0.2, 0.25) is 10.0 Å². The van der Waals surface area contributed by atoms with Crippen LogP contribution in [0.5, 0.6) is 0 Å². The van der Waals surface area contributed by atoms with E-state index in [-0.39, 0.29) is 0 Å². The SMILES string of the molecule is CC(C(=O)NN)N(c1ccccc1)S(C)(=O)=O. The highest BCUT2D eigenvalue weighted by Crippen LogP contribution is 2.19. The predicted molar refractivity (Wildman–Crippen MR) is 65.6 cm³/mol. The van der Waals surface area contributed by atoms with E-state index in [1.165, 1.54) is 6.92 Å². The van der Waals surface area contributed by atoms with Gasteiger partial charge in [-0.1, -0.05) is 18.2 Å². The Kier molecular flexibility index (Phi) is 4.08. The molecule has 0 aliphatic carbocycles. The van der Waals surface area contributed by atoms with Crippen molar-refractivity contribution in [3.63, 3.8) is 0 Å². The normalized spacial score (nSPS) is 12.9. The van der Waals surface area contributed by atoms with E-state index in [0.29, 0.717) is 5.69 Å². The van der Waals surface area contributed by atoms with Gasteiger partial charge in [0.25, 0.3) is 5.91 Å². The van der Waals surface area contributed by atoms with Gasteiger partial charge in [-0.3, -0.25) is 14.5 Å². The molecule has 7 heteroatoms. The number of benzene rings is 1. The molecular formula is C10H15N3O3S. The molecule has 0 saturated carbocycles. The van der Waals surface area contributed by atoms with E-state index in [0.717, 1.165) is 10.6 Å². The number of hydrogen-bond donors (Lipinski definition) is 2. The van der Waals surface area contributed by atoms with Crippen LogP contribution < -0.4 is 15.6 Å². The fraction of sp³-hybridized carbons (Fsp3) is 0.300. The third kappa shape index (κ3) is 3.18. The standard InChI is InChI=1S/C10H15N3O3S/c1-8(10(14)12-11)13(17(2,15)16)9-6-4-3-5-7-9/h3-8H,11H2,1-2H3,(H,12,14). The second kappa shape index (κ2) is 5.15. The van der Waals surface area contributed by atoms with Gasteiger partial charge in [-0.2, -0.15) is 0 Å². The minimum atomic E-state index is -3.56. The molecule has 17 heavy (non-hydrogen) atoms. The molecule has 0 saturated heterocycles. The van der Waals surface area contributed by atoms with Gasteiger partial charge in [0.1, 0.15) is 6.04 Å². The Hall–Kier alpha value is -1.60. The molecule has 0 radical (unpaired) electrons. The molecule has 3 N–H and O–H groups in total. The van der Waals surface area contributed by atoms with Gasteiger partial charge in [-0.25, -0.2) is 14.3 Å². The first kappa shape index (κ1) is 13.5. The maximum absolute atomic E-state index is 11.7. The molecule has 1 unspecified atom stereocenters. The van der Waals surface area contributed by atoms with Gasteiger partial charge in [-0.15, -0.1) is 0 Å². The fourth-order valence-electron chi connectivity index (χ4n) is 1.50. The Morgan fingerprint density at radius 2 is 1.88 bits per heavy atom. The summed E-state index contributed by atoms with van der Waals surface area (Å²) < 4.78 is 24.4. The van der Waals surface area contributed by atoms with Crippen molar-refractivity contribution in [3.05, 3.63) is 30.3 Å². The molecule has 0 heterocycles. The van der Waals surface area contributed by atoms with Crippen LogP contribution in [0.25, 0.3) is 0 Å². The summed E-state index contributed by atoms with van der Waals surface area (Å²) in [5, 5.41) is 0. The highest BCUT2D eigenvalue weighted by atomic mass is 32.2. The number of carbonyl (C=O) groups is 1. The Morgan fingerprint density at radius 3 is 2.29 bits per heavy atom. The first-order valence-corrected chi connectivity index (χ1v) is 6.77. The van der Waals surface area contributed by atoms with Gasteiger partial charge in [0, 0.05) is 0 Å². The predicted octanol–water partition coefficient (Wildman–Crippen LogP) is -0.169. The third-order valence-electron chi connectivity index (χ3n) is 2.24. The Labute approximate surface area is 100 Å². The number of hydrogen-bond acceptors (Lipinski definition) is 4. The van der Waals surface area contributed by atoms with Crippen molar-refractivity contribution in [2.45, 2.75) is 13.0 Å². The van der Waals surface area contributed by atoms with Crippen LogP contribution in [-0.4, -0.2) is 26.6 Å². The number of nitrogens with one attached hydrogen (secondary N) is 1. The number of rotatable bonds is 4. The number of sulfonamides is 1. The van der Waals surface area contributed by atoms with Crippen LogP contribution in [0.1, 0.15) is 6.92 Å². The molecule has 0 fully saturated rings. The van der Waals surface area contributed by atoms with Gasteiger partial charge < -0.3 is 0 Å². The van der Waals surface area contributed by atoms with E-state index in [9.17, 15) is 13.2 Å². The van der Waals surface area contributed by atoms with E-state index >= 15 is 0 Å². The Balaban J connectivity index is 3.20. The smallest absolute Gasteiger partial charge is 0.257 e. The maximum atomic E-state index is 11.7. The summed E-state index contributed by atoms with van der Waals surface area (Å²) >= 11 is 0. The zero-order chi connectivity index (χ0) is 13.1. The topological polar surface area (TPSA) is 92.5 Å². The molecule has 0 aliphatic heterocycles. The highest BCUT2D eigenvalue weighted by molar-refractivity contribution is 7.92. The number of nitrogens with zero attached hydrogens (tertiary/aromatic N) is 1. The molecule has 94 valence electrons. The molecule has 1 atom stereocenters. The maximum Gasteiger partial charge on any atom is 0.257 e. The molecule has 0 aliphatic rings. The number of anilines is 1. The molecule has 0 spiro atoms. The number of amides is 1. The highest BCUT2D eigenvalue weighted by Gasteiger charge is 2.28. The van der Waals surface area contributed by atoms with E-state index in [1.807, 2.05) is 5.43 Å². The average molecular weight is 257 g/mol. The van der Waals surface area contributed by atoms with Gasteiger partial charge >= 0.3 is 0 Å². The second-order valence-corrected chi connectivity index (χ2v) is 5.44. The van der Waals surface area contributed by atoms with Gasteiger partial charge in [-0.05, 0) is 19.1 Å². The van der Waals surface area contributed by atoms with Crippen molar-refractivity contribution in [2.24, 2.45) is 5.84 Å². The number of para-hydroxylation sites is 1. The van der Waals surface area contributed by atoms with Crippen molar-refractivity contribution in [2.75, 3.05) is 10.6 Å². The van der Waals surface area contributed by atoms with Crippen molar-refractivity contribution in [1.82, 2.24) is 5.43 Å². The van der Waals surface area contributed by atoms with Crippen LogP contribution in [-0.2, 0) is 14.8 Å². The van der Waals surface area contributed by atoms with Gasteiger partial charge in [0.15, 0.2) is 0 Å². The lowest BCUT2D eigenvalue weighted by molar-refractivity contribution is -0.121. The summed E-state index contributed by atoms with van der Waals surface area (Å²) in [6, 6.07) is 7.47. The lowest BCUT2D eigenvalue weighted by atomic mass is 10.2. The monoisotopic (exact) mass is 257 g/mol. The van der Waals surface area contributed by atoms with Crippen LogP contribution in [0, 0.1) is 0 Å². The summed E-state index contributed by atoms with van der Waals surface area (Å²) in [5.74, 6) is 4.44. The van der Waals surface area contributed by atoms with E-state index in [1.54, 1.807) is 30.3 Å². The molecular weight excluding hydrogens is 242 g/mol. The molecule has 1 amide bonds. The van der Waals surface area contributed by atoms with Crippen LogP contribution in [0.4, 0.5) is 5.69 Å². The third-order valence-corrected chi connectivity index (χ3v) is 3.48. The van der Waals surface area contributed by atoms with Crippen LogP contribution in [0.2, 0.25) is 0 Å². The van der Waals surface area contributed by atoms with Crippen LogP contribution >= 0.6 is 0 Å². The quantitative estimate of drug-likeness (QED) is 0.445. The minimum absolute atomic E-state index is 0.422. The largest absolute Gasteiger partial charge is 0.292 e. The Morgan fingerprint density at radius 1 is 1.35 bits per heavy atom. The number of carbonyl (C=O) groups excluding carboxylic acids is 1. The molecule has 0 aromatic heterocycles. The summed E-state index contributed by atoms with van der Waals surface area (Å²) in [4.78, 5) is 11.4. The van der Waals surface area contributed by atoms with E-state index in [4.69, 9.17) is 5.84 Å². The van der Waals surface area contributed by atoms with E-state index in [2.05, 4.69) is 0 Å². The fourth-order valence-corrected chi connectivity index (χ4v) is 2.68. The number of hydrazine groups is 1. The van der Waals surface area contributed by atoms with Crippen molar-refractivity contribution >= 4 is 21.6 Å². The minimum Gasteiger partial charge on any atom is -0.292 e. The lowest BCUT2D eigenvalue weighted by Crippen LogP contribution is -2.49. The van der Waals surface area contributed by atoms with Crippen molar-refractivity contribution < 1.29 is 13.2 Å². The summed E-state index contributed by atoms with van der Waals surface area (Å²) in [7, 11) is -3.56. The molecule has 1 rings (SSSR count). The summed E-state index contributed by atoms with van der Waals surface area (Å²) in [5.41, 5.74) is 2.36. The zero-order valence-corrected chi connectivity index (χ0v) is 10.4. The van der Waals surface area contributed by atoms with Crippen LogP contribution in [0.15, 0.2) is 30.3 Å². The molecule has 1 aromatic carbocycles. The summed E-state index contributed by atoms with van der Waals surface area (Å²) in [6.45, 7) is 1.47. The average Bonchev–Trinajstić information content (AvgIpc) is 2.27. The molecule has 1 aromatic rings. The first-order valence-electron chi connectivity index (χ1n) is 4.93.